The van der Waals surface area contributed by atoms with Crippen LogP contribution in [0.5, 0.6) is 5.75 Å². The average Bonchev–Trinajstić information content (AvgIpc) is 3.25. The van der Waals surface area contributed by atoms with Gasteiger partial charge in [0.15, 0.2) is 5.76 Å². The number of sulfonamides is 1. The summed E-state index contributed by atoms with van der Waals surface area (Å²) in [4.78, 5) is 26.8. The van der Waals surface area contributed by atoms with Crippen molar-refractivity contribution in [3.63, 3.8) is 0 Å². The van der Waals surface area contributed by atoms with E-state index in [4.69, 9.17) is 9.26 Å². The topological polar surface area (TPSA) is 142 Å². The molecule has 0 bridgehead atoms. The zero-order valence-corrected chi connectivity index (χ0v) is 24.3. The lowest BCUT2D eigenvalue weighted by molar-refractivity contribution is -0.142. The molecule has 1 aliphatic rings. The Hall–Kier alpha value is -3.17. The third-order valence-electron chi connectivity index (χ3n) is 6.91. The van der Waals surface area contributed by atoms with Crippen LogP contribution in [0.15, 0.2) is 27.6 Å². The van der Waals surface area contributed by atoms with Gasteiger partial charge in [-0.1, -0.05) is 12.1 Å². The molecule has 1 aromatic carbocycles. The van der Waals surface area contributed by atoms with Crippen molar-refractivity contribution < 1.29 is 45.5 Å². The molecule has 3 atom stereocenters. The Bertz CT molecular complexity index is 1340. The maximum atomic E-state index is 13.4. The molecule has 1 aromatic heterocycles. The maximum Gasteiger partial charge on any atom is 0.389 e. The number of alkyl halides is 3. The Balaban J connectivity index is 1.94. The summed E-state index contributed by atoms with van der Waals surface area (Å²) < 4.78 is 76.8. The van der Waals surface area contributed by atoms with Gasteiger partial charge in [0.05, 0.1) is 32.0 Å². The van der Waals surface area contributed by atoms with E-state index >= 15 is 0 Å². The minimum atomic E-state index is -4.48. The molecule has 3 rings (SSSR count). The maximum absolute atomic E-state index is 13.4. The molecule has 41 heavy (non-hydrogen) atoms. The molecule has 228 valence electrons. The highest BCUT2D eigenvalue weighted by Gasteiger charge is 2.35. The van der Waals surface area contributed by atoms with Crippen molar-refractivity contribution in [2.75, 3.05) is 32.1 Å². The summed E-state index contributed by atoms with van der Waals surface area (Å²) in [5.41, 5.74) is 0.728. The third-order valence-corrected chi connectivity index (χ3v) is 8.98. The number of nitrogens with one attached hydrogen (secondary N) is 1. The van der Waals surface area contributed by atoms with Crippen LogP contribution >= 0.6 is 0 Å². The van der Waals surface area contributed by atoms with Gasteiger partial charge in [-0.15, -0.1) is 0 Å². The number of benzene rings is 1. The van der Waals surface area contributed by atoms with E-state index in [0.717, 1.165) is 4.31 Å². The largest absolute Gasteiger partial charge is 0.488 e. The van der Waals surface area contributed by atoms with Crippen LogP contribution in [-0.4, -0.2) is 84.8 Å². The van der Waals surface area contributed by atoms with Crippen LogP contribution in [0.3, 0.4) is 0 Å². The van der Waals surface area contributed by atoms with Gasteiger partial charge < -0.3 is 24.6 Å². The first kappa shape index (κ1) is 32.3. The van der Waals surface area contributed by atoms with E-state index in [0.29, 0.717) is 5.56 Å². The van der Waals surface area contributed by atoms with Crippen molar-refractivity contribution in [3.05, 3.63) is 35.2 Å². The number of aliphatic hydroxyl groups is 1. The standard InChI is InChI=1S/C26H35F3N4O7S/c1-15-12-33(16(2)14-34)24(36)11-19-10-20(30-23(35)8-9-26(27,28)29)6-7-21(19)39-22(15)13-32(5)41(37,38)25-17(3)31-40-18(25)4/h6-7,10,15-16,22,34H,8-9,11-14H2,1-5H3,(H,30,35)/t15-,16+,22-/m0/s1. The average molecular weight is 605 g/mol. The first-order valence-electron chi connectivity index (χ1n) is 13.0. The molecule has 2 aromatic rings. The third kappa shape index (κ3) is 7.98. The number of fused-ring (bicyclic) bond motifs is 1. The second kappa shape index (κ2) is 12.8. The fourth-order valence-corrected chi connectivity index (χ4v) is 6.02. The molecule has 15 heteroatoms. The minimum absolute atomic E-state index is 0.0484. The van der Waals surface area contributed by atoms with Crippen LogP contribution in [-0.2, 0) is 26.0 Å². The Morgan fingerprint density at radius 1 is 1.32 bits per heavy atom. The summed E-state index contributed by atoms with van der Waals surface area (Å²) in [5, 5.41) is 15.9. The summed E-state index contributed by atoms with van der Waals surface area (Å²) in [5.74, 6) is -1.19. The Kier molecular flexibility index (Phi) is 10.1. The number of aromatic nitrogens is 1. The van der Waals surface area contributed by atoms with Gasteiger partial charge in [-0.25, -0.2) is 8.42 Å². The van der Waals surface area contributed by atoms with Crippen LogP contribution in [0.2, 0.25) is 0 Å². The Morgan fingerprint density at radius 2 is 2.00 bits per heavy atom. The van der Waals surface area contributed by atoms with Crippen molar-refractivity contribution in [2.24, 2.45) is 5.92 Å². The van der Waals surface area contributed by atoms with E-state index in [1.165, 1.54) is 44.0 Å². The van der Waals surface area contributed by atoms with Gasteiger partial charge in [0.2, 0.25) is 21.8 Å². The van der Waals surface area contributed by atoms with Crippen LogP contribution in [0.1, 0.15) is 43.7 Å². The number of hydrogen-bond acceptors (Lipinski definition) is 8. The number of carbonyl (C=O) groups is 2. The van der Waals surface area contributed by atoms with Gasteiger partial charge in [-0.05, 0) is 39.0 Å². The van der Waals surface area contributed by atoms with Gasteiger partial charge >= 0.3 is 6.18 Å². The van der Waals surface area contributed by atoms with Crippen molar-refractivity contribution in [1.82, 2.24) is 14.4 Å². The van der Waals surface area contributed by atoms with Crippen LogP contribution in [0, 0.1) is 19.8 Å². The van der Waals surface area contributed by atoms with Gasteiger partial charge in [0, 0.05) is 37.2 Å². The number of aryl methyl sites for hydroxylation is 2. The molecule has 0 fully saturated rings. The molecule has 0 saturated heterocycles. The summed E-state index contributed by atoms with van der Waals surface area (Å²) >= 11 is 0. The molecule has 0 aliphatic carbocycles. The number of amides is 2. The van der Waals surface area contributed by atoms with E-state index in [2.05, 4.69) is 10.5 Å². The molecule has 0 spiro atoms. The van der Waals surface area contributed by atoms with E-state index in [1.807, 2.05) is 0 Å². The number of ether oxygens (including phenoxy) is 1. The fourth-order valence-electron chi connectivity index (χ4n) is 4.55. The monoisotopic (exact) mass is 604 g/mol. The molecular weight excluding hydrogens is 569 g/mol. The molecule has 0 saturated carbocycles. The van der Waals surface area contributed by atoms with Gasteiger partial charge in [0.1, 0.15) is 22.4 Å². The molecular formula is C26H35F3N4O7S. The lowest BCUT2D eigenvalue weighted by Crippen LogP contribution is -2.48. The Labute approximate surface area is 236 Å². The molecule has 2 heterocycles. The second-order valence-electron chi connectivity index (χ2n) is 10.3. The molecule has 11 nitrogen and oxygen atoms in total. The lowest BCUT2D eigenvalue weighted by Gasteiger charge is -2.33. The number of likely N-dealkylation sites (N-methyl/N-ethyl adjacent to an activating group) is 1. The SMILES string of the molecule is Cc1noc(C)c1S(=O)(=O)N(C)C[C@@H]1Oc2ccc(NC(=O)CCC(F)(F)F)cc2CC(=O)N([C@H](C)CO)C[C@@H]1C. The van der Waals surface area contributed by atoms with Crippen molar-refractivity contribution in [3.8, 4) is 5.75 Å². The summed E-state index contributed by atoms with van der Waals surface area (Å²) in [6.45, 7) is 6.21. The number of nitrogens with zero attached hydrogens (tertiary/aromatic N) is 3. The molecule has 0 unspecified atom stereocenters. The highest BCUT2D eigenvalue weighted by molar-refractivity contribution is 7.89. The number of anilines is 1. The number of aliphatic hydroxyl groups excluding tert-OH is 1. The zero-order chi connectivity index (χ0) is 30.7. The van der Waals surface area contributed by atoms with Gasteiger partial charge in [-0.3, -0.25) is 9.59 Å². The summed E-state index contributed by atoms with van der Waals surface area (Å²) in [6.07, 6.45) is -7.46. The van der Waals surface area contributed by atoms with Crippen molar-refractivity contribution in [1.29, 1.82) is 0 Å². The predicted molar refractivity (Wildman–Crippen MR) is 142 cm³/mol. The van der Waals surface area contributed by atoms with E-state index in [9.17, 15) is 36.3 Å². The highest BCUT2D eigenvalue weighted by atomic mass is 32.2. The first-order valence-corrected chi connectivity index (χ1v) is 14.4. The summed E-state index contributed by atoms with van der Waals surface area (Å²) in [6, 6.07) is 3.81. The quantitative estimate of drug-likeness (QED) is 0.445. The number of rotatable bonds is 9. The smallest absolute Gasteiger partial charge is 0.389 e. The molecule has 1 aliphatic heterocycles. The zero-order valence-electron chi connectivity index (χ0n) is 23.5. The number of halogens is 3. The van der Waals surface area contributed by atoms with Crippen molar-refractivity contribution in [2.45, 2.75) is 70.2 Å². The van der Waals surface area contributed by atoms with E-state index in [1.54, 1.807) is 13.8 Å². The van der Waals surface area contributed by atoms with E-state index < -0.39 is 53.0 Å². The number of carbonyl (C=O) groups excluding carboxylic acids is 2. The predicted octanol–water partition coefficient (Wildman–Crippen LogP) is 3.04. The highest BCUT2D eigenvalue weighted by Crippen LogP contribution is 2.31. The molecule has 0 radical (unpaired) electrons. The number of hydrogen-bond donors (Lipinski definition) is 2. The first-order chi connectivity index (χ1) is 19.0. The normalized spacial score (nSPS) is 19.2. The minimum Gasteiger partial charge on any atom is -0.488 e. The van der Waals surface area contributed by atoms with Gasteiger partial charge in [-0.2, -0.15) is 17.5 Å². The fraction of sp³-hybridized carbons (Fsp3) is 0.577. The van der Waals surface area contributed by atoms with Crippen LogP contribution in [0.4, 0.5) is 18.9 Å². The molecule has 2 N–H and O–H groups in total. The van der Waals surface area contributed by atoms with Crippen LogP contribution < -0.4 is 10.1 Å². The van der Waals surface area contributed by atoms with E-state index in [-0.39, 0.29) is 59.8 Å². The van der Waals surface area contributed by atoms with Crippen molar-refractivity contribution >= 4 is 27.5 Å². The molecule has 2 amide bonds. The lowest BCUT2D eigenvalue weighted by atomic mass is 10.0. The Morgan fingerprint density at radius 3 is 2.59 bits per heavy atom. The second-order valence-corrected chi connectivity index (χ2v) is 12.3. The summed E-state index contributed by atoms with van der Waals surface area (Å²) in [7, 11) is -2.63. The van der Waals surface area contributed by atoms with Gasteiger partial charge in [0.25, 0.3) is 0 Å². The van der Waals surface area contributed by atoms with Crippen LogP contribution in [0.25, 0.3) is 0 Å².